The number of hydrogen-bond donors (Lipinski definition) is 4. The lowest BCUT2D eigenvalue weighted by molar-refractivity contribution is -0.132. The highest BCUT2D eigenvalue weighted by atomic mass is 16.4. The smallest absolute Gasteiger partial charge is 0.327 e. The van der Waals surface area contributed by atoms with Crippen molar-refractivity contribution in [3.63, 3.8) is 0 Å². The van der Waals surface area contributed by atoms with Crippen LogP contribution in [0.1, 0.15) is 0 Å². The fraction of sp³-hybridized carbons (Fsp3) is 0. The zero-order valence-electron chi connectivity index (χ0n) is 12.1. The van der Waals surface area contributed by atoms with E-state index in [-0.39, 0.29) is 16.4 Å². The number of carboxylic acids is 4. The molecule has 0 aromatic heterocycles. The topological polar surface area (TPSA) is 244 Å². The Balaban J connectivity index is -0.0000000284. The number of carbonyl (C=O) groups is 4. The van der Waals surface area contributed by atoms with Crippen LogP contribution in [0.3, 0.4) is 0 Å². The standard InChI is InChI=1S/4C3H4O2.3H2O/c4*1-2-3(4)5;;;/h4*2H,1H2,(H,4,5);3*1H2. The summed E-state index contributed by atoms with van der Waals surface area (Å²) in [6.45, 7) is 11.8. The summed E-state index contributed by atoms with van der Waals surface area (Å²) in [4.78, 5) is 37.0. The third-order valence-corrected chi connectivity index (χ3v) is 0.698. The molecule has 0 aliphatic carbocycles. The van der Waals surface area contributed by atoms with Crippen LogP contribution in [-0.4, -0.2) is 60.7 Å². The van der Waals surface area contributed by atoms with Gasteiger partial charge < -0.3 is 36.9 Å². The fourth-order valence-corrected chi connectivity index (χ4v) is 0. The second kappa shape index (κ2) is 36.3. The Kier molecular flexibility index (Phi) is 67.5. The zero-order chi connectivity index (χ0) is 17.1. The van der Waals surface area contributed by atoms with Gasteiger partial charge in [0.1, 0.15) is 0 Å². The quantitative estimate of drug-likeness (QED) is 0.439. The van der Waals surface area contributed by atoms with Crippen molar-refractivity contribution in [1.29, 1.82) is 0 Å². The minimum absolute atomic E-state index is 0. The van der Waals surface area contributed by atoms with Gasteiger partial charge >= 0.3 is 23.9 Å². The van der Waals surface area contributed by atoms with Crippen molar-refractivity contribution in [2.75, 3.05) is 0 Å². The van der Waals surface area contributed by atoms with Crippen LogP contribution in [0.25, 0.3) is 0 Å². The molecule has 0 fully saturated rings. The van der Waals surface area contributed by atoms with Gasteiger partial charge in [-0.1, -0.05) is 26.3 Å². The van der Waals surface area contributed by atoms with Crippen molar-refractivity contribution in [2.24, 2.45) is 0 Å². The summed E-state index contributed by atoms with van der Waals surface area (Å²) in [5.74, 6) is -3.93. The molecule has 0 aliphatic rings. The lowest BCUT2D eigenvalue weighted by atomic mass is 10.7. The minimum atomic E-state index is -0.981. The lowest BCUT2D eigenvalue weighted by Crippen LogP contribution is -1.82. The van der Waals surface area contributed by atoms with E-state index < -0.39 is 23.9 Å². The molecule has 0 rings (SSSR count). The van der Waals surface area contributed by atoms with Gasteiger partial charge in [-0.3, -0.25) is 0 Å². The highest BCUT2D eigenvalue weighted by Crippen LogP contribution is 1.56. The van der Waals surface area contributed by atoms with Crippen molar-refractivity contribution < 1.29 is 56.0 Å². The number of hydrogen-bond acceptors (Lipinski definition) is 4. The van der Waals surface area contributed by atoms with Crippen LogP contribution in [-0.2, 0) is 19.2 Å². The molecule has 0 aliphatic heterocycles. The van der Waals surface area contributed by atoms with E-state index in [0.29, 0.717) is 0 Å². The molecule has 0 atom stereocenters. The van der Waals surface area contributed by atoms with Gasteiger partial charge in [0.05, 0.1) is 0 Å². The van der Waals surface area contributed by atoms with E-state index in [9.17, 15) is 19.2 Å². The Bertz CT molecular complexity index is 299. The van der Waals surface area contributed by atoms with E-state index in [0.717, 1.165) is 24.3 Å². The van der Waals surface area contributed by atoms with E-state index in [2.05, 4.69) is 26.3 Å². The predicted molar refractivity (Wildman–Crippen MR) is 82.2 cm³/mol. The molecule has 0 heterocycles. The molecule has 0 bridgehead atoms. The first-order valence-electron chi connectivity index (χ1n) is 4.50. The van der Waals surface area contributed by atoms with Crippen molar-refractivity contribution in [3.05, 3.63) is 50.6 Å². The van der Waals surface area contributed by atoms with Crippen molar-refractivity contribution >= 4 is 23.9 Å². The molecular weight excluding hydrogens is 320 g/mol. The van der Waals surface area contributed by atoms with Crippen LogP contribution in [0.2, 0.25) is 0 Å². The molecule has 11 heteroatoms. The van der Waals surface area contributed by atoms with Crippen molar-refractivity contribution in [3.8, 4) is 0 Å². The first kappa shape index (κ1) is 42.7. The Morgan fingerprint density at radius 1 is 0.478 bits per heavy atom. The Morgan fingerprint density at radius 3 is 0.522 bits per heavy atom. The van der Waals surface area contributed by atoms with Gasteiger partial charge in [-0.05, 0) is 0 Å². The average Bonchev–Trinajstić information content (AvgIpc) is 2.40. The molecule has 0 radical (unpaired) electrons. The maximum Gasteiger partial charge on any atom is 0.327 e. The highest BCUT2D eigenvalue weighted by molar-refractivity contribution is 5.79. The highest BCUT2D eigenvalue weighted by Gasteiger charge is 1.74. The normalized spacial score (nSPS) is 5.57. The lowest BCUT2D eigenvalue weighted by Gasteiger charge is -1.64. The van der Waals surface area contributed by atoms with Crippen LogP contribution in [0.4, 0.5) is 0 Å². The summed E-state index contributed by atoms with van der Waals surface area (Å²) < 4.78 is 0. The van der Waals surface area contributed by atoms with Gasteiger partial charge in [0.15, 0.2) is 0 Å². The number of aliphatic carboxylic acids is 4. The second-order valence-corrected chi connectivity index (χ2v) is 2.17. The van der Waals surface area contributed by atoms with Gasteiger partial charge in [-0.2, -0.15) is 0 Å². The molecule has 0 amide bonds. The van der Waals surface area contributed by atoms with Crippen LogP contribution in [0.5, 0.6) is 0 Å². The Labute approximate surface area is 131 Å². The molecule has 0 spiro atoms. The van der Waals surface area contributed by atoms with Gasteiger partial charge in [-0.25, -0.2) is 19.2 Å². The molecule has 0 aromatic rings. The maximum absolute atomic E-state index is 9.25. The monoisotopic (exact) mass is 342 g/mol. The van der Waals surface area contributed by atoms with Crippen LogP contribution >= 0.6 is 0 Å². The van der Waals surface area contributed by atoms with Gasteiger partial charge in [0.2, 0.25) is 0 Å². The van der Waals surface area contributed by atoms with Crippen LogP contribution < -0.4 is 0 Å². The predicted octanol–water partition coefficient (Wildman–Crippen LogP) is -1.45. The summed E-state index contributed by atoms with van der Waals surface area (Å²) in [7, 11) is 0. The molecule has 136 valence electrons. The van der Waals surface area contributed by atoms with Gasteiger partial charge in [-0.15, -0.1) is 0 Å². The molecule has 10 N–H and O–H groups in total. The zero-order valence-corrected chi connectivity index (χ0v) is 12.1. The third kappa shape index (κ3) is 235. The van der Waals surface area contributed by atoms with Crippen LogP contribution in [0.15, 0.2) is 50.6 Å². The van der Waals surface area contributed by atoms with Crippen LogP contribution in [0, 0.1) is 0 Å². The summed E-state index contributed by atoms with van der Waals surface area (Å²) in [6, 6.07) is 0. The van der Waals surface area contributed by atoms with E-state index in [1.54, 1.807) is 0 Å². The first-order valence-corrected chi connectivity index (χ1v) is 4.50. The molecule has 23 heavy (non-hydrogen) atoms. The summed E-state index contributed by atoms with van der Waals surface area (Å²) in [5, 5.41) is 30.4. The molecule has 11 nitrogen and oxygen atoms in total. The third-order valence-electron chi connectivity index (χ3n) is 0.698. The largest absolute Gasteiger partial charge is 0.478 e. The SMILES string of the molecule is C=CC(=O)O.C=CC(=O)O.C=CC(=O)O.C=CC(=O)O.O.O.O. The van der Waals surface area contributed by atoms with Gasteiger partial charge in [0.25, 0.3) is 0 Å². The molecule has 0 unspecified atom stereocenters. The summed E-state index contributed by atoms with van der Waals surface area (Å²) >= 11 is 0. The molecule has 0 aromatic carbocycles. The average molecular weight is 342 g/mol. The molecule has 0 saturated heterocycles. The second-order valence-electron chi connectivity index (χ2n) is 2.17. The summed E-state index contributed by atoms with van der Waals surface area (Å²) in [6.07, 6.45) is 3.33. The summed E-state index contributed by atoms with van der Waals surface area (Å²) in [5.41, 5.74) is 0. The van der Waals surface area contributed by atoms with E-state index >= 15 is 0 Å². The van der Waals surface area contributed by atoms with E-state index in [4.69, 9.17) is 20.4 Å². The molecule has 0 saturated carbocycles. The minimum Gasteiger partial charge on any atom is -0.478 e. The fourth-order valence-electron chi connectivity index (χ4n) is 0. The number of rotatable bonds is 4. The Morgan fingerprint density at radius 2 is 0.522 bits per heavy atom. The Hall–Kier alpha value is -3.28. The maximum atomic E-state index is 9.25. The first-order chi connectivity index (χ1) is 9.08. The molecular formula is C12H22O11. The van der Waals surface area contributed by atoms with Gasteiger partial charge in [0, 0.05) is 24.3 Å². The van der Waals surface area contributed by atoms with Crippen molar-refractivity contribution in [2.45, 2.75) is 0 Å². The van der Waals surface area contributed by atoms with Crippen molar-refractivity contribution in [1.82, 2.24) is 0 Å². The van der Waals surface area contributed by atoms with E-state index in [1.807, 2.05) is 0 Å². The van der Waals surface area contributed by atoms with E-state index in [1.165, 1.54) is 0 Å². The number of carboxylic acid groups (broad SMARTS) is 4.